The molecule has 0 aromatic heterocycles. The predicted molar refractivity (Wildman–Crippen MR) is 82.8 cm³/mol. The lowest BCUT2D eigenvalue weighted by atomic mass is 9.88. The molecule has 1 fully saturated rings. The fourth-order valence-corrected chi connectivity index (χ4v) is 2.84. The van der Waals surface area contributed by atoms with Crippen molar-refractivity contribution >= 4 is 6.09 Å². The van der Waals surface area contributed by atoms with Crippen LogP contribution in [0.2, 0.25) is 0 Å². The predicted octanol–water partition coefficient (Wildman–Crippen LogP) is 1.85. The van der Waals surface area contributed by atoms with Crippen LogP contribution in [-0.4, -0.2) is 32.3 Å². The molecule has 1 aromatic rings. The van der Waals surface area contributed by atoms with E-state index in [0.717, 1.165) is 32.4 Å². The van der Waals surface area contributed by atoms with Crippen molar-refractivity contribution in [3.05, 3.63) is 35.9 Å². The Balaban J connectivity index is 1.74. The quantitative estimate of drug-likeness (QED) is 0.700. The lowest BCUT2D eigenvalue weighted by Gasteiger charge is -2.32. The van der Waals surface area contributed by atoms with Gasteiger partial charge in [-0.2, -0.15) is 0 Å². The Hall–Kier alpha value is -1.59. The van der Waals surface area contributed by atoms with E-state index < -0.39 is 6.09 Å². The van der Waals surface area contributed by atoms with Crippen LogP contribution in [0.3, 0.4) is 0 Å². The Morgan fingerprint density at radius 3 is 2.95 bits per heavy atom. The summed E-state index contributed by atoms with van der Waals surface area (Å²) >= 11 is 0. The van der Waals surface area contributed by atoms with Gasteiger partial charge in [0.2, 0.25) is 0 Å². The molecule has 5 nitrogen and oxygen atoms in total. The minimum atomic E-state index is -0.441. The van der Waals surface area contributed by atoms with Crippen LogP contribution in [0.15, 0.2) is 30.3 Å². The Labute approximate surface area is 126 Å². The standard InChI is InChI=1S/C16H25N3O2/c1-21-16(20)19-18-15-12-17-11-10-14(15)9-5-8-13-6-3-2-4-7-13/h2-4,6-7,14-15,17-18H,5,8-12H2,1H3,(H,19,20). The SMILES string of the molecule is COC(=O)NNC1CNCCC1CCCc1ccccc1. The summed E-state index contributed by atoms with van der Waals surface area (Å²) in [7, 11) is 1.37. The van der Waals surface area contributed by atoms with Gasteiger partial charge >= 0.3 is 6.09 Å². The number of amides is 1. The number of hydrazine groups is 1. The molecule has 1 amide bonds. The molecule has 0 aliphatic carbocycles. The molecule has 1 heterocycles. The van der Waals surface area contributed by atoms with Crippen LogP contribution in [0.5, 0.6) is 0 Å². The molecule has 116 valence electrons. The van der Waals surface area contributed by atoms with E-state index in [1.807, 2.05) is 0 Å². The molecule has 2 rings (SSSR count). The van der Waals surface area contributed by atoms with Gasteiger partial charge in [0.1, 0.15) is 0 Å². The van der Waals surface area contributed by atoms with E-state index in [2.05, 4.69) is 51.2 Å². The van der Waals surface area contributed by atoms with Crippen LogP contribution in [-0.2, 0) is 11.2 Å². The number of carbonyl (C=O) groups is 1. The number of hydrogen-bond donors (Lipinski definition) is 3. The van der Waals surface area contributed by atoms with E-state index >= 15 is 0 Å². The summed E-state index contributed by atoms with van der Waals surface area (Å²) in [5.74, 6) is 0.576. The van der Waals surface area contributed by atoms with Crippen molar-refractivity contribution in [1.29, 1.82) is 0 Å². The number of benzene rings is 1. The van der Waals surface area contributed by atoms with Crippen molar-refractivity contribution in [2.75, 3.05) is 20.2 Å². The van der Waals surface area contributed by atoms with Crippen LogP contribution in [0.1, 0.15) is 24.8 Å². The minimum absolute atomic E-state index is 0.258. The first-order valence-electron chi connectivity index (χ1n) is 7.63. The highest BCUT2D eigenvalue weighted by atomic mass is 16.5. The number of aryl methyl sites for hydroxylation is 1. The van der Waals surface area contributed by atoms with Crippen molar-refractivity contribution in [2.45, 2.75) is 31.7 Å². The van der Waals surface area contributed by atoms with Gasteiger partial charge in [-0.3, -0.25) is 5.43 Å². The van der Waals surface area contributed by atoms with Crippen LogP contribution < -0.4 is 16.2 Å². The van der Waals surface area contributed by atoms with E-state index in [1.165, 1.54) is 19.1 Å². The summed E-state index contributed by atoms with van der Waals surface area (Å²) in [6.45, 7) is 1.92. The van der Waals surface area contributed by atoms with Gasteiger partial charge in [0, 0.05) is 12.6 Å². The smallest absolute Gasteiger partial charge is 0.421 e. The average Bonchev–Trinajstić information content (AvgIpc) is 2.54. The number of hydrogen-bond acceptors (Lipinski definition) is 4. The maximum Gasteiger partial charge on any atom is 0.421 e. The van der Waals surface area contributed by atoms with E-state index in [0.29, 0.717) is 5.92 Å². The number of nitrogens with one attached hydrogen (secondary N) is 3. The summed E-state index contributed by atoms with van der Waals surface area (Å²) in [5, 5.41) is 3.36. The average molecular weight is 291 g/mol. The molecule has 0 saturated carbocycles. The van der Waals surface area contributed by atoms with Gasteiger partial charge in [-0.1, -0.05) is 30.3 Å². The number of methoxy groups -OCH3 is 1. The zero-order valence-electron chi connectivity index (χ0n) is 12.6. The van der Waals surface area contributed by atoms with Gasteiger partial charge in [-0.05, 0) is 43.7 Å². The Kier molecular flexibility index (Phi) is 6.50. The maximum atomic E-state index is 11.1. The van der Waals surface area contributed by atoms with Crippen LogP contribution in [0, 0.1) is 5.92 Å². The van der Waals surface area contributed by atoms with Gasteiger partial charge < -0.3 is 10.1 Å². The molecule has 0 bridgehead atoms. The summed E-state index contributed by atoms with van der Waals surface area (Å²) < 4.78 is 4.58. The van der Waals surface area contributed by atoms with Crippen molar-refractivity contribution in [2.24, 2.45) is 5.92 Å². The zero-order chi connectivity index (χ0) is 14.9. The first-order chi connectivity index (χ1) is 10.3. The van der Waals surface area contributed by atoms with Crippen molar-refractivity contribution in [3.8, 4) is 0 Å². The van der Waals surface area contributed by atoms with E-state index in [9.17, 15) is 4.79 Å². The van der Waals surface area contributed by atoms with Gasteiger partial charge in [-0.25, -0.2) is 10.2 Å². The normalized spacial score (nSPS) is 21.8. The summed E-state index contributed by atoms with van der Waals surface area (Å²) in [6, 6.07) is 10.8. The molecule has 0 spiro atoms. The Bertz CT molecular complexity index is 425. The monoisotopic (exact) mass is 291 g/mol. The largest absolute Gasteiger partial charge is 0.452 e. The second kappa shape index (κ2) is 8.64. The van der Waals surface area contributed by atoms with Gasteiger partial charge in [0.05, 0.1) is 7.11 Å². The Morgan fingerprint density at radius 2 is 2.19 bits per heavy atom. The molecule has 5 heteroatoms. The third-order valence-corrected chi connectivity index (χ3v) is 4.05. The van der Waals surface area contributed by atoms with Crippen molar-refractivity contribution in [3.63, 3.8) is 0 Å². The molecule has 2 atom stereocenters. The third-order valence-electron chi connectivity index (χ3n) is 4.05. The second-order valence-corrected chi connectivity index (χ2v) is 5.50. The molecular weight excluding hydrogens is 266 g/mol. The van der Waals surface area contributed by atoms with Crippen LogP contribution in [0.4, 0.5) is 4.79 Å². The number of rotatable bonds is 6. The molecule has 21 heavy (non-hydrogen) atoms. The van der Waals surface area contributed by atoms with Gasteiger partial charge in [-0.15, -0.1) is 0 Å². The van der Waals surface area contributed by atoms with Gasteiger partial charge in [0.15, 0.2) is 0 Å². The van der Waals surface area contributed by atoms with E-state index in [-0.39, 0.29) is 6.04 Å². The molecule has 1 aliphatic rings. The Morgan fingerprint density at radius 1 is 1.38 bits per heavy atom. The molecular formula is C16H25N3O2. The summed E-state index contributed by atoms with van der Waals surface area (Å²) in [6.07, 6.45) is 4.14. The fourth-order valence-electron chi connectivity index (χ4n) is 2.84. The maximum absolute atomic E-state index is 11.1. The lowest BCUT2D eigenvalue weighted by Crippen LogP contribution is -2.55. The van der Waals surface area contributed by atoms with E-state index in [1.54, 1.807) is 0 Å². The lowest BCUT2D eigenvalue weighted by molar-refractivity contribution is 0.155. The summed E-state index contributed by atoms with van der Waals surface area (Å²) in [5.41, 5.74) is 7.07. The van der Waals surface area contributed by atoms with Gasteiger partial charge in [0.25, 0.3) is 0 Å². The number of carbonyl (C=O) groups excluding carboxylic acids is 1. The first-order valence-corrected chi connectivity index (χ1v) is 7.63. The number of ether oxygens (including phenoxy) is 1. The molecule has 2 unspecified atom stereocenters. The topological polar surface area (TPSA) is 62.4 Å². The highest BCUT2D eigenvalue weighted by Crippen LogP contribution is 2.19. The zero-order valence-corrected chi connectivity index (χ0v) is 12.6. The molecule has 3 N–H and O–H groups in total. The highest BCUT2D eigenvalue weighted by Gasteiger charge is 2.24. The molecule has 0 radical (unpaired) electrons. The van der Waals surface area contributed by atoms with Crippen LogP contribution >= 0.6 is 0 Å². The molecule has 1 aliphatic heterocycles. The fraction of sp³-hybridized carbons (Fsp3) is 0.562. The third kappa shape index (κ3) is 5.36. The second-order valence-electron chi connectivity index (χ2n) is 5.50. The highest BCUT2D eigenvalue weighted by molar-refractivity contribution is 5.66. The van der Waals surface area contributed by atoms with Crippen molar-refractivity contribution in [1.82, 2.24) is 16.2 Å². The first kappa shape index (κ1) is 15.8. The molecule has 1 saturated heterocycles. The van der Waals surface area contributed by atoms with Crippen LogP contribution in [0.25, 0.3) is 0 Å². The number of piperidine rings is 1. The van der Waals surface area contributed by atoms with Crippen molar-refractivity contribution < 1.29 is 9.53 Å². The minimum Gasteiger partial charge on any atom is -0.452 e. The van der Waals surface area contributed by atoms with E-state index in [4.69, 9.17) is 0 Å². The molecule has 1 aromatic carbocycles. The summed E-state index contributed by atoms with van der Waals surface area (Å²) in [4.78, 5) is 11.1.